The van der Waals surface area contributed by atoms with E-state index >= 15 is 0 Å². The summed E-state index contributed by atoms with van der Waals surface area (Å²) in [6, 6.07) is 23.5. The molecule has 0 bridgehead atoms. The Kier molecular flexibility index (Phi) is 5.28. The maximum absolute atomic E-state index is 12.6. The Hall–Kier alpha value is -3.68. The van der Waals surface area contributed by atoms with Gasteiger partial charge in [-0.25, -0.2) is 4.98 Å². The second-order valence-electron chi connectivity index (χ2n) is 8.08. The molecule has 1 unspecified atom stereocenters. The minimum Gasteiger partial charge on any atom is -0.489 e. The predicted octanol–water partition coefficient (Wildman–Crippen LogP) is 6.19. The lowest BCUT2D eigenvalue weighted by Crippen LogP contribution is -2.24. The lowest BCUT2D eigenvalue weighted by atomic mass is 9.87. The number of aromatic nitrogens is 3. The van der Waals surface area contributed by atoms with Crippen molar-refractivity contribution < 1.29 is 9.53 Å². The van der Waals surface area contributed by atoms with Crippen molar-refractivity contribution in [2.45, 2.75) is 18.9 Å². The van der Waals surface area contributed by atoms with Crippen LogP contribution in [0.5, 0.6) is 5.75 Å². The molecule has 1 atom stereocenters. The molecule has 0 radical (unpaired) electrons. The Morgan fingerprint density at radius 1 is 1.06 bits per heavy atom. The summed E-state index contributed by atoms with van der Waals surface area (Å²) in [7, 11) is 0. The molecule has 0 saturated heterocycles. The number of thiazole rings is 1. The number of para-hydroxylation sites is 1. The summed E-state index contributed by atoms with van der Waals surface area (Å²) in [6.45, 7) is 0.393. The van der Waals surface area contributed by atoms with Crippen molar-refractivity contribution in [3.05, 3.63) is 101 Å². The molecule has 6 nitrogen and oxygen atoms in total. The van der Waals surface area contributed by atoms with E-state index in [0.717, 1.165) is 37.8 Å². The van der Waals surface area contributed by atoms with Gasteiger partial charge < -0.3 is 10.1 Å². The number of carbonyl (C=O) groups excluding carboxylic acids is 1. The van der Waals surface area contributed by atoms with Crippen LogP contribution in [0.25, 0.3) is 15.3 Å². The third-order valence-electron chi connectivity index (χ3n) is 5.92. The molecule has 5 aromatic rings. The van der Waals surface area contributed by atoms with Crippen LogP contribution in [0.3, 0.4) is 0 Å². The number of hydrogen-bond donors (Lipinski definition) is 1. The van der Waals surface area contributed by atoms with Gasteiger partial charge in [0.05, 0.1) is 16.4 Å². The molecule has 1 amide bonds. The monoisotopic (exact) mass is 486 g/mol. The van der Waals surface area contributed by atoms with Crippen molar-refractivity contribution in [2.75, 3.05) is 5.32 Å². The van der Waals surface area contributed by atoms with E-state index in [1.807, 2.05) is 79.0 Å². The zero-order valence-corrected chi connectivity index (χ0v) is 19.5. The van der Waals surface area contributed by atoms with Crippen molar-refractivity contribution in [3.63, 3.8) is 0 Å². The third-order valence-corrected chi connectivity index (χ3v) is 7.30. The molecule has 0 spiro atoms. The van der Waals surface area contributed by atoms with Gasteiger partial charge in [-0.05, 0) is 35.9 Å². The average molecular weight is 487 g/mol. The smallest absolute Gasteiger partial charge is 0.226 e. The first-order chi connectivity index (χ1) is 16.7. The topological polar surface area (TPSA) is 69.0 Å². The van der Waals surface area contributed by atoms with Crippen LogP contribution in [0.4, 0.5) is 5.82 Å². The number of anilines is 1. The number of halogens is 1. The van der Waals surface area contributed by atoms with Crippen LogP contribution in [-0.2, 0) is 11.4 Å². The van der Waals surface area contributed by atoms with Crippen LogP contribution >= 0.6 is 22.9 Å². The highest BCUT2D eigenvalue weighted by atomic mass is 35.5. The number of fused-ring (bicyclic) bond motifs is 2. The molecule has 3 heterocycles. The van der Waals surface area contributed by atoms with Crippen molar-refractivity contribution in [1.82, 2.24) is 14.8 Å². The van der Waals surface area contributed by atoms with Crippen LogP contribution in [0.15, 0.2) is 79.0 Å². The Balaban J connectivity index is 1.27. The molecule has 2 aromatic heterocycles. The summed E-state index contributed by atoms with van der Waals surface area (Å²) >= 11 is 7.76. The molecule has 0 saturated carbocycles. The molecule has 6 rings (SSSR count). The SMILES string of the molecule is O=C1CC(c2ccc(OCc3ccccc3Cl)cc2)c2cnn(-c3nc4ccccc4s3)c2N1. The van der Waals surface area contributed by atoms with E-state index in [0.29, 0.717) is 23.9 Å². The fraction of sp³-hybridized carbons (Fsp3) is 0.115. The Bertz CT molecular complexity index is 1480. The fourth-order valence-corrected chi connectivity index (χ4v) is 5.31. The number of benzene rings is 3. The van der Waals surface area contributed by atoms with E-state index in [1.54, 1.807) is 16.0 Å². The molecule has 0 fully saturated rings. The Labute approximate surface area is 204 Å². The van der Waals surface area contributed by atoms with E-state index in [2.05, 4.69) is 10.4 Å². The summed E-state index contributed by atoms with van der Waals surface area (Å²) < 4.78 is 8.71. The molecule has 34 heavy (non-hydrogen) atoms. The largest absolute Gasteiger partial charge is 0.489 e. The number of nitrogens with zero attached hydrogens (tertiary/aromatic N) is 3. The molecule has 1 aliphatic heterocycles. The van der Waals surface area contributed by atoms with Gasteiger partial charge in [0, 0.05) is 28.5 Å². The fourth-order valence-electron chi connectivity index (χ4n) is 4.19. The highest BCUT2D eigenvalue weighted by molar-refractivity contribution is 7.20. The predicted molar refractivity (Wildman–Crippen MR) is 134 cm³/mol. The lowest BCUT2D eigenvalue weighted by molar-refractivity contribution is -0.116. The van der Waals surface area contributed by atoms with Gasteiger partial charge in [-0.15, -0.1) is 0 Å². The van der Waals surface area contributed by atoms with Gasteiger partial charge in [0.15, 0.2) is 0 Å². The lowest BCUT2D eigenvalue weighted by Gasteiger charge is -2.23. The molecule has 0 aliphatic carbocycles. The normalized spacial score (nSPS) is 15.2. The first-order valence-electron chi connectivity index (χ1n) is 10.9. The zero-order chi connectivity index (χ0) is 23.1. The molecule has 1 aliphatic rings. The van der Waals surface area contributed by atoms with Gasteiger partial charge >= 0.3 is 0 Å². The zero-order valence-electron chi connectivity index (χ0n) is 17.9. The number of carbonyl (C=O) groups is 1. The second-order valence-corrected chi connectivity index (χ2v) is 9.49. The highest BCUT2D eigenvalue weighted by Gasteiger charge is 2.31. The van der Waals surface area contributed by atoms with Crippen molar-refractivity contribution in [1.29, 1.82) is 0 Å². The number of nitrogens with one attached hydrogen (secondary N) is 1. The summed E-state index contributed by atoms with van der Waals surface area (Å²) in [5.41, 5.74) is 3.86. The van der Waals surface area contributed by atoms with Crippen LogP contribution in [-0.4, -0.2) is 20.7 Å². The number of ether oxygens (including phenoxy) is 1. The van der Waals surface area contributed by atoms with Gasteiger partial charge in [-0.1, -0.05) is 65.4 Å². The number of amides is 1. The first kappa shape index (κ1) is 20.9. The summed E-state index contributed by atoms with van der Waals surface area (Å²) in [4.78, 5) is 17.3. The first-order valence-corrected chi connectivity index (χ1v) is 12.0. The van der Waals surface area contributed by atoms with Crippen LogP contribution in [0.2, 0.25) is 5.02 Å². The van der Waals surface area contributed by atoms with E-state index in [9.17, 15) is 4.79 Å². The molecule has 168 valence electrons. The highest BCUT2D eigenvalue weighted by Crippen LogP contribution is 2.39. The van der Waals surface area contributed by atoms with Crippen LogP contribution in [0.1, 0.15) is 29.0 Å². The average Bonchev–Trinajstić information content (AvgIpc) is 3.47. The second kappa shape index (κ2) is 8.59. The van der Waals surface area contributed by atoms with E-state index in [4.69, 9.17) is 21.3 Å². The summed E-state index contributed by atoms with van der Waals surface area (Å²) in [6.07, 6.45) is 2.19. The standard InChI is InChI=1S/C26H19ClN4O2S/c27-21-6-2-1-5-17(21)15-33-18-11-9-16(10-12-18)19-13-24(32)30-25-20(19)14-28-31(25)26-29-22-7-3-4-8-23(22)34-26/h1-12,14,19H,13,15H2,(H,30,32). The van der Waals surface area contributed by atoms with Gasteiger partial charge in [-0.2, -0.15) is 9.78 Å². The molecule has 3 aromatic carbocycles. The Morgan fingerprint density at radius 2 is 1.85 bits per heavy atom. The van der Waals surface area contributed by atoms with Gasteiger partial charge in [0.25, 0.3) is 0 Å². The van der Waals surface area contributed by atoms with Crippen molar-refractivity contribution in [2.24, 2.45) is 0 Å². The molecular formula is C26H19ClN4O2S. The molecule has 1 N–H and O–H groups in total. The van der Waals surface area contributed by atoms with Crippen LogP contribution in [0, 0.1) is 0 Å². The summed E-state index contributed by atoms with van der Waals surface area (Å²) in [5, 5.41) is 8.99. The van der Waals surface area contributed by atoms with E-state index in [-0.39, 0.29) is 11.8 Å². The maximum atomic E-state index is 12.6. The minimum atomic E-state index is -0.0931. The van der Waals surface area contributed by atoms with Crippen molar-refractivity contribution in [3.8, 4) is 10.9 Å². The number of rotatable bonds is 5. The molecular weight excluding hydrogens is 468 g/mol. The summed E-state index contributed by atoms with van der Waals surface area (Å²) in [5.74, 6) is 1.29. The van der Waals surface area contributed by atoms with Gasteiger partial charge in [-0.3, -0.25) is 4.79 Å². The number of hydrogen-bond acceptors (Lipinski definition) is 5. The van der Waals surface area contributed by atoms with E-state index in [1.165, 1.54) is 0 Å². The van der Waals surface area contributed by atoms with Gasteiger partial charge in [0.1, 0.15) is 18.2 Å². The Morgan fingerprint density at radius 3 is 2.68 bits per heavy atom. The maximum Gasteiger partial charge on any atom is 0.226 e. The third kappa shape index (κ3) is 3.83. The minimum absolute atomic E-state index is 0.0422. The van der Waals surface area contributed by atoms with Gasteiger partial charge in [0.2, 0.25) is 11.0 Å². The molecule has 8 heteroatoms. The van der Waals surface area contributed by atoms with E-state index < -0.39 is 0 Å². The van der Waals surface area contributed by atoms with Crippen LogP contribution < -0.4 is 10.1 Å². The van der Waals surface area contributed by atoms with Crippen molar-refractivity contribution >= 4 is 44.9 Å². The quantitative estimate of drug-likeness (QED) is 0.321.